The van der Waals surface area contributed by atoms with Crippen LogP contribution in [0.1, 0.15) is 37.6 Å². The second-order valence-electron chi connectivity index (χ2n) is 5.10. The van der Waals surface area contributed by atoms with Gasteiger partial charge in [-0.25, -0.2) is 13.6 Å². The predicted octanol–water partition coefficient (Wildman–Crippen LogP) is 3.55. The van der Waals surface area contributed by atoms with Crippen molar-refractivity contribution in [3.63, 3.8) is 0 Å². The summed E-state index contributed by atoms with van der Waals surface area (Å²) < 4.78 is 32.2. The molecule has 23 heavy (non-hydrogen) atoms. The van der Waals surface area contributed by atoms with Crippen molar-refractivity contribution in [2.45, 2.75) is 19.3 Å². The third kappa shape index (κ3) is 2.72. The highest BCUT2D eigenvalue weighted by molar-refractivity contribution is 7.17. The van der Waals surface area contributed by atoms with Gasteiger partial charge in [0.05, 0.1) is 12.7 Å². The fourth-order valence-corrected chi connectivity index (χ4v) is 3.96. The number of hydrogen-bond donors (Lipinski definition) is 1. The molecule has 1 aromatic heterocycles. The fourth-order valence-electron chi connectivity index (χ4n) is 2.69. The summed E-state index contributed by atoms with van der Waals surface area (Å²) in [6.45, 7) is 0. The first-order valence-electron chi connectivity index (χ1n) is 7.01. The van der Waals surface area contributed by atoms with Crippen LogP contribution < -0.4 is 5.32 Å². The highest BCUT2D eigenvalue weighted by Gasteiger charge is 2.29. The number of fused-ring (bicyclic) bond motifs is 1. The van der Waals surface area contributed by atoms with Crippen molar-refractivity contribution in [3.8, 4) is 0 Å². The molecule has 1 aliphatic rings. The van der Waals surface area contributed by atoms with Crippen LogP contribution in [0.15, 0.2) is 18.2 Å². The van der Waals surface area contributed by atoms with Crippen LogP contribution >= 0.6 is 11.3 Å². The smallest absolute Gasteiger partial charge is 0.341 e. The molecule has 0 spiro atoms. The molecule has 4 nitrogen and oxygen atoms in total. The van der Waals surface area contributed by atoms with Crippen molar-refractivity contribution in [1.82, 2.24) is 0 Å². The lowest BCUT2D eigenvalue weighted by molar-refractivity contribution is 0.0601. The van der Waals surface area contributed by atoms with Crippen molar-refractivity contribution >= 4 is 28.2 Å². The lowest BCUT2D eigenvalue weighted by atomic mass is 10.1. The van der Waals surface area contributed by atoms with Crippen LogP contribution in [0.25, 0.3) is 0 Å². The van der Waals surface area contributed by atoms with Gasteiger partial charge in [-0.1, -0.05) is 6.07 Å². The Kier molecular flexibility index (Phi) is 4.12. The molecule has 0 aliphatic heterocycles. The van der Waals surface area contributed by atoms with Gasteiger partial charge in [-0.15, -0.1) is 11.3 Å². The van der Waals surface area contributed by atoms with Crippen LogP contribution in [0.3, 0.4) is 0 Å². The first kappa shape index (κ1) is 15.6. The maximum atomic E-state index is 13.7. The second-order valence-corrected chi connectivity index (χ2v) is 6.21. The number of halogens is 2. The summed E-state index contributed by atoms with van der Waals surface area (Å²) in [4.78, 5) is 25.2. The lowest BCUT2D eigenvalue weighted by Gasteiger charge is -2.08. The van der Waals surface area contributed by atoms with Crippen molar-refractivity contribution in [3.05, 3.63) is 51.4 Å². The average molecular weight is 337 g/mol. The van der Waals surface area contributed by atoms with Gasteiger partial charge in [0, 0.05) is 4.88 Å². The number of aryl methyl sites for hydroxylation is 1. The minimum atomic E-state index is -0.953. The summed E-state index contributed by atoms with van der Waals surface area (Å²) in [7, 11) is 1.25. The summed E-state index contributed by atoms with van der Waals surface area (Å²) >= 11 is 1.25. The van der Waals surface area contributed by atoms with E-state index in [9.17, 15) is 18.4 Å². The molecule has 1 heterocycles. The molecule has 0 radical (unpaired) electrons. The van der Waals surface area contributed by atoms with Gasteiger partial charge in [0.15, 0.2) is 0 Å². The largest absolute Gasteiger partial charge is 0.465 e. The minimum absolute atomic E-state index is 0.272. The highest BCUT2D eigenvalue weighted by atomic mass is 32.1. The van der Waals surface area contributed by atoms with E-state index < -0.39 is 29.1 Å². The van der Waals surface area contributed by atoms with E-state index in [0.29, 0.717) is 0 Å². The first-order chi connectivity index (χ1) is 11.0. The van der Waals surface area contributed by atoms with Crippen LogP contribution in [-0.2, 0) is 17.6 Å². The number of benzene rings is 1. The molecular weight excluding hydrogens is 324 g/mol. The first-order valence-corrected chi connectivity index (χ1v) is 7.82. The van der Waals surface area contributed by atoms with Crippen LogP contribution in [0.5, 0.6) is 0 Å². The maximum absolute atomic E-state index is 13.7. The zero-order chi connectivity index (χ0) is 16.6. The molecule has 0 saturated heterocycles. The molecule has 0 saturated carbocycles. The van der Waals surface area contributed by atoms with Gasteiger partial charge in [0.1, 0.15) is 22.2 Å². The van der Waals surface area contributed by atoms with Gasteiger partial charge in [-0.2, -0.15) is 0 Å². The Morgan fingerprint density at radius 1 is 1.17 bits per heavy atom. The number of nitrogens with one attached hydrogen (secondary N) is 1. The number of rotatable bonds is 3. The number of amides is 1. The number of methoxy groups -OCH3 is 1. The zero-order valence-electron chi connectivity index (χ0n) is 12.2. The standard InChI is InChI=1S/C16H13F2NO3S/c1-22-16(21)12-8-4-2-7-11(8)23-15(12)19-14(20)13-9(17)5-3-6-10(13)18/h3,5-6H,2,4,7H2,1H3,(H,19,20). The Hall–Kier alpha value is -2.28. The van der Waals surface area contributed by atoms with Crippen molar-refractivity contribution in [2.24, 2.45) is 0 Å². The van der Waals surface area contributed by atoms with Gasteiger partial charge in [-0.3, -0.25) is 4.79 Å². The molecule has 7 heteroatoms. The normalized spacial score (nSPS) is 12.8. The molecule has 1 aromatic carbocycles. The molecule has 0 unspecified atom stereocenters. The molecular formula is C16H13F2NO3S. The van der Waals surface area contributed by atoms with E-state index in [2.05, 4.69) is 5.32 Å². The molecule has 1 N–H and O–H groups in total. The molecule has 2 aromatic rings. The molecule has 3 rings (SSSR count). The zero-order valence-corrected chi connectivity index (χ0v) is 13.1. The number of hydrogen-bond acceptors (Lipinski definition) is 4. The molecule has 120 valence electrons. The third-order valence-electron chi connectivity index (χ3n) is 3.73. The summed E-state index contributed by atoms with van der Waals surface area (Å²) in [5.41, 5.74) is 0.470. The van der Waals surface area contributed by atoms with Gasteiger partial charge in [-0.05, 0) is 37.0 Å². The van der Waals surface area contributed by atoms with E-state index in [1.165, 1.54) is 24.5 Å². The SMILES string of the molecule is COC(=O)c1c(NC(=O)c2c(F)cccc2F)sc2c1CCC2. The summed E-state index contributed by atoms with van der Waals surface area (Å²) in [5.74, 6) is -3.39. The van der Waals surface area contributed by atoms with Crippen LogP contribution in [0, 0.1) is 11.6 Å². The number of carbonyl (C=O) groups excluding carboxylic acids is 2. The Bertz CT molecular complexity index is 781. The van der Waals surface area contributed by atoms with Gasteiger partial charge in [0.2, 0.25) is 0 Å². The second kappa shape index (κ2) is 6.08. The van der Waals surface area contributed by atoms with E-state index in [1.807, 2.05) is 0 Å². The number of anilines is 1. The molecule has 1 aliphatic carbocycles. The molecule has 0 bridgehead atoms. The molecule has 0 atom stereocenters. The fraction of sp³-hybridized carbons (Fsp3) is 0.250. The van der Waals surface area contributed by atoms with Crippen LogP contribution in [0.4, 0.5) is 13.8 Å². The summed E-state index contributed by atoms with van der Waals surface area (Å²) in [6, 6.07) is 3.20. The predicted molar refractivity (Wildman–Crippen MR) is 82.0 cm³/mol. The summed E-state index contributed by atoms with van der Waals surface area (Å²) in [6.07, 6.45) is 2.47. The van der Waals surface area contributed by atoms with Crippen molar-refractivity contribution in [2.75, 3.05) is 12.4 Å². The van der Waals surface area contributed by atoms with Crippen LogP contribution in [0.2, 0.25) is 0 Å². The van der Waals surface area contributed by atoms with Gasteiger partial charge < -0.3 is 10.1 Å². The van der Waals surface area contributed by atoms with E-state index in [4.69, 9.17) is 4.74 Å². The number of carbonyl (C=O) groups is 2. The molecule has 0 fully saturated rings. The number of thiophene rings is 1. The maximum Gasteiger partial charge on any atom is 0.341 e. The summed E-state index contributed by atoms with van der Waals surface area (Å²) in [5, 5.41) is 2.72. The van der Waals surface area contributed by atoms with Gasteiger partial charge >= 0.3 is 5.97 Å². The highest BCUT2D eigenvalue weighted by Crippen LogP contribution is 2.39. The van der Waals surface area contributed by atoms with E-state index in [0.717, 1.165) is 41.8 Å². The van der Waals surface area contributed by atoms with Gasteiger partial charge in [0.25, 0.3) is 5.91 Å². The minimum Gasteiger partial charge on any atom is -0.465 e. The monoisotopic (exact) mass is 337 g/mol. The number of ether oxygens (including phenoxy) is 1. The lowest BCUT2D eigenvalue weighted by Crippen LogP contribution is -2.17. The quantitative estimate of drug-likeness (QED) is 0.872. The Morgan fingerprint density at radius 3 is 2.52 bits per heavy atom. The van der Waals surface area contributed by atoms with E-state index >= 15 is 0 Å². The van der Waals surface area contributed by atoms with E-state index in [-0.39, 0.29) is 10.6 Å². The average Bonchev–Trinajstić information content (AvgIpc) is 3.06. The number of esters is 1. The van der Waals surface area contributed by atoms with Crippen LogP contribution in [-0.4, -0.2) is 19.0 Å². The Balaban J connectivity index is 1.98. The Labute approximate surface area is 135 Å². The Morgan fingerprint density at radius 2 is 1.87 bits per heavy atom. The van der Waals surface area contributed by atoms with E-state index in [1.54, 1.807) is 0 Å². The van der Waals surface area contributed by atoms with Crippen molar-refractivity contribution < 1.29 is 23.1 Å². The third-order valence-corrected chi connectivity index (χ3v) is 4.93. The molecule has 1 amide bonds. The van der Waals surface area contributed by atoms with Crippen molar-refractivity contribution in [1.29, 1.82) is 0 Å². The topological polar surface area (TPSA) is 55.4 Å².